The van der Waals surface area contributed by atoms with Gasteiger partial charge < -0.3 is 4.98 Å². The molecule has 0 aliphatic rings. The number of hydrogen-bond acceptors (Lipinski definition) is 1. The molecule has 0 unspecified atom stereocenters. The van der Waals surface area contributed by atoms with Gasteiger partial charge in [0.15, 0.2) is 0 Å². The van der Waals surface area contributed by atoms with E-state index in [4.69, 9.17) is 12.6 Å². The molecule has 3 aromatic carbocycles. The van der Waals surface area contributed by atoms with Gasteiger partial charge in [0, 0.05) is 21.2 Å². The van der Waals surface area contributed by atoms with Crippen LogP contribution in [-0.2, 0) is 0 Å². The number of H-pyrrole nitrogens is 1. The molecule has 4 aromatic rings. The minimum Gasteiger partial charge on any atom is -0.354 e. The molecule has 1 aromatic heterocycles. The van der Waals surface area contributed by atoms with Gasteiger partial charge in [-0.2, -0.15) is 0 Å². The van der Waals surface area contributed by atoms with Gasteiger partial charge in [-0.3, -0.25) is 0 Å². The van der Waals surface area contributed by atoms with Crippen LogP contribution in [0.2, 0.25) is 0 Å². The van der Waals surface area contributed by atoms with E-state index < -0.39 is 0 Å². The zero-order valence-electron chi connectivity index (χ0n) is 11.7. The first kappa shape index (κ1) is 12.5. The highest BCUT2D eigenvalue weighted by Crippen LogP contribution is 2.37. The third-order valence-corrected chi connectivity index (χ3v) is 4.55. The lowest BCUT2D eigenvalue weighted by atomic mass is 9.99. The molecule has 4 rings (SSSR count). The Labute approximate surface area is 129 Å². The summed E-state index contributed by atoms with van der Waals surface area (Å²) in [5.74, 6) is 0. The van der Waals surface area contributed by atoms with E-state index in [-0.39, 0.29) is 0 Å². The number of benzene rings is 3. The molecule has 0 saturated heterocycles. The molecule has 0 spiro atoms. The van der Waals surface area contributed by atoms with Crippen LogP contribution in [0.3, 0.4) is 0 Å². The van der Waals surface area contributed by atoms with Crippen LogP contribution >= 0.6 is 12.6 Å². The molecular formula is C19H15NS. The highest BCUT2D eigenvalue weighted by Gasteiger charge is 2.12. The summed E-state index contributed by atoms with van der Waals surface area (Å²) in [6, 6.07) is 21.2. The molecule has 0 fully saturated rings. The zero-order valence-corrected chi connectivity index (χ0v) is 12.6. The first-order chi connectivity index (χ1) is 10.3. The number of para-hydroxylation sites is 1. The Morgan fingerprint density at radius 2 is 1.52 bits per heavy atom. The van der Waals surface area contributed by atoms with Crippen molar-refractivity contribution in [2.24, 2.45) is 0 Å². The van der Waals surface area contributed by atoms with Gasteiger partial charge in [-0.15, -0.1) is 12.6 Å². The Bertz CT molecular complexity index is 966. The van der Waals surface area contributed by atoms with E-state index in [9.17, 15) is 0 Å². The van der Waals surface area contributed by atoms with E-state index in [1.165, 1.54) is 27.5 Å². The minimum atomic E-state index is 1.01. The quantitative estimate of drug-likeness (QED) is 0.425. The Hall–Kier alpha value is -2.19. The third kappa shape index (κ3) is 1.87. The number of fused-ring (bicyclic) bond motifs is 3. The summed E-state index contributed by atoms with van der Waals surface area (Å²) >= 11 is 4.80. The second-order valence-corrected chi connectivity index (χ2v) is 5.82. The second-order valence-electron chi connectivity index (χ2n) is 5.37. The van der Waals surface area contributed by atoms with Gasteiger partial charge in [0.2, 0.25) is 0 Å². The van der Waals surface area contributed by atoms with E-state index in [0.717, 1.165) is 15.9 Å². The number of thiol groups is 1. The molecule has 102 valence electrons. The van der Waals surface area contributed by atoms with Gasteiger partial charge in [0.05, 0.1) is 5.52 Å². The standard InChI is InChI=1S/C19H15NS/c1-12-6-2-3-7-13(12)16-11-10-15-14-8-4-5-9-17(14)20-18(15)19(16)21/h2-11,20-21H,1H3. The van der Waals surface area contributed by atoms with Gasteiger partial charge >= 0.3 is 0 Å². The SMILES string of the molecule is Cc1ccccc1-c1ccc2c([nH]c3ccccc32)c1S. The van der Waals surface area contributed by atoms with Crippen molar-refractivity contribution in [1.29, 1.82) is 0 Å². The molecule has 0 amide bonds. The van der Waals surface area contributed by atoms with Crippen molar-refractivity contribution in [3.63, 3.8) is 0 Å². The summed E-state index contributed by atoms with van der Waals surface area (Å²) in [4.78, 5) is 4.51. The fourth-order valence-corrected chi connectivity index (χ4v) is 3.37. The summed E-state index contributed by atoms with van der Waals surface area (Å²) in [6.07, 6.45) is 0. The topological polar surface area (TPSA) is 15.8 Å². The van der Waals surface area contributed by atoms with Crippen molar-refractivity contribution < 1.29 is 0 Å². The Morgan fingerprint density at radius 3 is 2.38 bits per heavy atom. The van der Waals surface area contributed by atoms with Crippen LogP contribution < -0.4 is 0 Å². The Balaban J connectivity index is 2.07. The van der Waals surface area contributed by atoms with Gasteiger partial charge in [-0.05, 0) is 29.7 Å². The lowest BCUT2D eigenvalue weighted by molar-refractivity contribution is 1.40. The largest absolute Gasteiger partial charge is 0.354 e. The monoisotopic (exact) mass is 289 g/mol. The maximum Gasteiger partial charge on any atom is 0.0606 e. The maximum absolute atomic E-state index is 4.80. The fourth-order valence-electron chi connectivity index (χ4n) is 3.00. The number of nitrogens with one attached hydrogen (secondary N) is 1. The summed E-state index contributed by atoms with van der Waals surface area (Å²) in [5, 5.41) is 2.48. The van der Waals surface area contributed by atoms with E-state index in [1.54, 1.807) is 0 Å². The van der Waals surface area contributed by atoms with Crippen molar-refractivity contribution >= 4 is 34.4 Å². The lowest BCUT2D eigenvalue weighted by Crippen LogP contribution is -1.85. The molecule has 1 heterocycles. The molecule has 0 saturated carbocycles. The van der Waals surface area contributed by atoms with Crippen molar-refractivity contribution in [3.8, 4) is 11.1 Å². The number of aryl methyl sites for hydroxylation is 1. The Morgan fingerprint density at radius 1 is 0.762 bits per heavy atom. The molecule has 0 aliphatic carbocycles. The van der Waals surface area contributed by atoms with Crippen LogP contribution in [0.25, 0.3) is 32.9 Å². The molecule has 0 bridgehead atoms. The molecule has 21 heavy (non-hydrogen) atoms. The number of aromatic amines is 1. The second kappa shape index (κ2) is 4.68. The van der Waals surface area contributed by atoms with Crippen molar-refractivity contribution in [3.05, 3.63) is 66.2 Å². The summed E-state index contributed by atoms with van der Waals surface area (Å²) < 4.78 is 0. The maximum atomic E-state index is 4.80. The van der Waals surface area contributed by atoms with Crippen LogP contribution in [0.1, 0.15) is 5.56 Å². The van der Waals surface area contributed by atoms with Crippen LogP contribution in [0.4, 0.5) is 0 Å². The average molecular weight is 289 g/mol. The first-order valence-electron chi connectivity index (χ1n) is 7.04. The lowest BCUT2D eigenvalue weighted by Gasteiger charge is -2.09. The summed E-state index contributed by atoms with van der Waals surface area (Å²) in [6.45, 7) is 2.14. The third-order valence-electron chi connectivity index (χ3n) is 4.09. The molecule has 1 nitrogen and oxygen atoms in total. The summed E-state index contributed by atoms with van der Waals surface area (Å²) in [5.41, 5.74) is 5.95. The van der Waals surface area contributed by atoms with Crippen LogP contribution in [0, 0.1) is 6.92 Å². The van der Waals surface area contributed by atoms with Gasteiger partial charge in [-0.1, -0.05) is 54.6 Å². The van der Waals surface area contributed by atoms with Crippen LogP contribution in [-0.4, -0.2) is 4.98 Å². The molecule has 2 heteroatoms. The molecule has 0 atom stereocenters. The van der Waals surface area contributed by atoms with Crippen LogP contribution in [0.5, 0.6) is 0 Å². The predicted octanol–water partition coefficient (Wildman–Crippen LogP) is 5.59. The molecule has 0 radical (unpaired) electrons. The van der Waals surface area contributed by atoms with Gasteiger partial charge in [-0.25, -0.2) is 0 Å². The predicted molar refractivity (Wildman–Crippen MR) is 93.2 cm³/mol. The van der Waals surface area contributed by atoms with Crippen molar-refractivity contribution in [1.82, 2.24) is 4.98 Å². The summed E-state index contributed by atoms with van der Waals surface area (Å²) in [7, 11) is 0. The van der Waals surface area contributed by atoms with E-state index in [0.29, 0.717) is 0 Å². The highest BCUT2D eigenvalue weighted by atomic mass is 32.1. The van der Waals surface area contributed by atoms with Gasteiger partial charge in [0.1, 0.15) is 0 Å². The number of rotatable bonds is 1. The smallest absolute Gasteiger partial charge is 0.0606 e. The van der Waals surface area contributed by atoms with Gasteiger partial charge in [0.25, 0.3) is 0 Å². The Kier molecular flexibility index (Phi) is 2.79. The minimum absolute atomic E-state index is 1.01. The van der Waals surface area contributed by atoms with E-state index >= 15 is 0 Å². The molecule has 0 aliphatic heterocycles. The number of aromatic nitrogens is 1. The van der Waals surface area contributed by atoms with Crippen molar-refractivity contribution in [2.45, 2.75) is 11.8 Å². The van der Waals surface area contributed by atoms with E-state index in [1.807, 2.05) is 0 Å². The zero-order chi connectivity index (χ0) is 14.4. The molecule has 1 N–H and O–H groups in total. The molecular weight excluding hydrogens is 274 g/mol. The fraction of sp³-hybridized carbons (Fsp3) is 0.0526. The highest BCUT2D eigenvalue weighted by molar-refractivity contribution is 7.80. The van der Waals surface area contributed by atoms with Crippen molar-refractivity contribution in [2.75, 3.05) is 0 Å². The van der Waals surface area contributed by atoms with E-state index in [2.05, 4.69) is 72.6 Å². The number of hydrogen-bond donors (Lipinski definition) is 2. The van der Waals surface area contributed by atoms with Crippen LogP contribution in [0.15, 0.2) is 65.6 Å². The first-order valence-corrected chi connectivity index (χ1v) is 7.49. The average Bonchev–Trinajstić information content (AvgIpc) is 2.89. The normalized spacial score (nSPS) is 11.3.